The molecule has 0 amide bonds. The van der Waals surface area contributed by atoms with E-state index >= 15 is 0 Å². The molecule has 0 unspecified atom stereocenters. The number of nitrogens with zero attached hydrogens (tertiary/aromatic N) is 3. The maximum Gasteiger partial charge on any atom is 0.183 e. The third-order valence-corrected chi connectivity index (χ3v) is 3.61. The zero-order chi connectivity index (χ0) is 12.7. The van der Waals surface area contributed by atoms with Crippen LogP contribution in [0.15, 0.2) is 24.7 Å². The van der Waals surface area contributed by atoms with Gasteiger partial charge in [0.2, 0.25) is 0 Å². The van der Waals surface area contributed by atoms with Crippen molar-refractivity contribution in [2.24, 2.45) is 0 Å². The zero-order valence-corrected chi connectivity index (χ0v) is 10.5. The van der Waals surface area contributed by atoms with Crippen molar-refractivity contribution in [1.29, 1.82) is 0 Å². The van der Waals surface area contributed by atoms with Crippen LogP contribution < -0.4 is 0 Å². The van der Waals surface area contributed by atoms with Crippen LogP contribution in [0.4, 0.5) is 8.78 Å². The maximum atomic E-state index is 13.2. The smallest absolute Gasteiger partial charge is 0.183 e. The second kappa shape index (κ2) is 4.29. The predicted molar refractivity (Wildman–Crippen MR) is 65.9 cm³/mol. The maximum absolute atomic E-state index is 13.2. The molecule has 0 aliphatic carbocycles. The molecule has 0 fully saturated rings. The summed E-state index contributed by atoms with van der Waals surface area (Å²) < 4.78 is 28.4. The van der Waals surface area contributed by atoms with E-state index in [0.29, 0.717) is 22.0 Å². The van der Waals surface area contributed by atoms with Crippen LogP contribution in [0.2, 0.25) is 4.47 Å². The normalized spacial score (nSPS) is 11.3. The Morgan fingerprint density at radius 1 is 1.22 bits per heavy atom. The van der Waals surface area contributed by atoms with E-state index in [0.717, 1.165) is 17.0 Å². The first-order chi connectivity index (χ1) is 8.63. The van der Waals surface area contributed by atoms with Gasteiger partial charge in [0.1, 0.15) is 0 Å². The fourth-order valence-electron chi connectivity index (χ4n) is 1.70. The van der Waals surface area contributed by atoms with Crippen molar-refractivity contribution in [3.05, 3.63) is 45.6 Å². The number of thiazole rings is 1. The Balaban J connectivity index is 2.04. The van der Waals surface area contributed by atoms with Crippen molar-refractivity contribution >= 4 is 34.0 Å². The standard InChI is InChI=1S/C11H6ClF2N3S/c12-11-15-3-6(18-11)4-17-5-16-9-1-7(13)8(14)2-10(9)17/h1-3,5H,4H2. The quantitative estimate of drug-likeness (QED) is 0.722. The zero-order valence-electron chi connectivity index (χ0n) is 8.90. The molecule has 1 aromatic carbocycles. The summed E-state index contributed by atoms with van der Waals surface area (Å²) in [6.07, 6.45) is 3.19. The highest BCUT2D eigenvalue weighted by Crippen LogP contribution is 2.22. The van der Waals surface area contributed by atoms with Gasteiger partial charge in [-0.25, -0.2) is 18.7 Å². The van der Waals surface area contributed by atoms with Gasteiger partial charge in [0, 0.05) is 23.2 Å². The molecule has 0 N–H and O–H groups in total. The van der Waals surface area contributed by atoms with Crippen molar-refractivity contribution in [2.45, 2.75) is 6.54 Å². The Morgan fingerprint density at radius 3 is 2.72 bits per heavy atom. The minimum atomic E-state index is -0.895. The Morgan fingerprint density at radius 2 is 2.00 bits per heavy atom. The molecule has 0 saturated heterocycles. The van der Waals surface area contributed by atoms with Gasteiger partial charge in [-0.3, -0.25) is 0 Å². The largest absolute Gasteiger partial charge is 0.325 e. The summed E-state index contributed by atoms with van der Waals surface area (Å²) in [5.41, 5.74) is 0.961. The molecule has 18 heavy (non-hydrogen) atoms. The van der Waals surface area contributed by atoms with Crippen molar-refractivity contribution in [1.82, 2.24) is 14.5 Å². The fraction of sp³-hybridized carbons (Fsp3) is 0.0909. The predicted octanol–water partition coefficient (Wildman–Crippen LogP) is 3.47. The lowest BCUT2D eigenvalue weighted by Gasteiger charge is -2.01. The molecule has 0 aliphatic rings. The third kappa shape index (κ3) is 1.97. The first-order valence-corrected chi connectivity index (χ1v) is 6.23. The number of rotatable bonds is 2. The highest BCUT2D eigenvalue weighted by atomic mass is 35.5. The minimum Gasteiger partial charge on any atom is -0.325 e. The summed E-state index contributed by atoms with van der Waals surface area (Å²) in [6.45, 7) is 0.478. The molecule has 0 aliphatic heterocycles. The summed E-state index contributed by atoms with van der Waals surface area (Å²) in [4.78, 5) is 8.88. The number of fused-ring (bicyclic) bond motifs is 1. The first-order valence-electron chi connectivity index (χ1n) is 5.03. The summed E-state index contributed by atoms with van der Waals surface area (Å²) >= 11 is 7.08. The highest BCUT2D eigenvalue weighted by Gasteiger charge is 2.10. The molecule has 0 radical (unpaired) electrons. The second-order valence-electron chi connectivity index (χ2n) is 3.71. The van der Waals surface area contributed by atoms with Crippen LogP contribution in [0.5, 0.6) is 0 Å². The topological polar surface area (TPSA) is 30.7 Å². The Bertz CT molecular complexity index is 722. The molecule has 0 spiro atoms. The molecule has 92 valence electrons. The van der Waals surface area contributed by atoms with Gasteiger partial charge in [-0.2, -0.15) is 0 Å². The van der Waals surface area contributed by atoms with Gasteiger partial charge in [0.25, 0.3) is 0 Å². The molecule has 3 rings (SSSR count). The van der Waals surface area contributed by atoms with Gasteiger partial charge >= 0.3 is 0 Å². The number of benzene rings is 1. The fourth-order valence-corrected chi connectivity index (χ4v) is 2.68. The van der Waals surface area contributed by atoms with Crippen molar-refractivity contribution < 1.29 is 8.78 Å². The van der Waals surface area contributed by atoms with Gasteiger partial charge in [0.15, 0.2) is 16.1 Å². The molecule has 3 aromatic rings. The highest BCUT2D eigenvalue weighted by molar-refractivity contribution is 7.15. The second-order valence-corrected chi connectivity index (χ2v) is 5.40. The summed E-state index contributed by atoms with van der Waals surface area (Å²) in [5, 5.41) is 0. The van der Waals surface area contributed by atoms with E-state index in [-0.39, 0.29) is 0 Å². The number of aromatic nitrogens is 3. The Hall–Kier alpha value is -1.53. The van der Waals surface area contributed by atoms with Gasteiger partial charge < -0.3 is 4.57 Å². The lowest BCUT2D eigenvalue weighted by Crippen LogP contribution is -1.96. The molecular formula is C11H6ClF2N3S. The number of imidazole rings is 1. The number of hydrogen-bond donors (Lipinski definition) is 0. The molecule has 2 heterocycles. The van der Waals surface area contributed by atoms with Crippen LogP contribution in [0.3, 0.4) is 0 Å². The lowest BCUT2D eigenvalue weighted by atomic mass is 10.3. The van der Waals surface area contributed by atoms with Gasteiger partial charge in [-0.05, 0) is 0 Å². The summed E-state index contributed by atoms with van der Waals surface area (Å²) in [5.74, 6) is -1.78. The monoisotopic (exact) mass is 285 g/mol. The lowest BCUT2D eigenvalue weighted by molar-refractivity contribution is 0.510. The SMILES string of the molecule is Fc1cc2ncn(Cc3cnc(Cl)s3)c2cc1F. The average molecular weight is 286 g/mol. The van der Waals surface area contributed by atoms with E-state index in [2.05, 4.69) is 9.97 Å². The van der Waals surface area contributed by atoms with Gasteiger partial charge in [0.05, 0.1) is 23.9 Å². The van der Waals surface area contributed by atoms with Gasteiger partial charge in [-0.1, -0.05) is 11.6 Å². The molecule has 3 nitrogen and oxygen atoms in total. The molecular weight excluding hydrogens is 280 g/mol. The molecule has 7 heteroatoms. The van der Waals surface area contributed by atoms with E-state index in [4.69, 9.17) is 11.6 Å². The van der Waals surface area contributed by atoms with Crippen molar-refractivity contribution in [2.75, 3.05) is 0 Å². The van der Waals surface area contributed by atoms with Crippen LogP contribution in [0.25, 0.3) is 11.0 Å². The van der Waals surface area contributed by atoms with Crippen LogP contribution in [0, 0.1) is 11.6 Å². The Kier molecular flexibility index (Phi) is 2.76. The van der Waals surface area contributed by atoms with Crippen molar-refractivity contribution in [3.8, 4) is 0 Å². The molecule has 0 bridgehead atoms. The number of hydrogen-bond acceptors (Lipinski definition) is 3. The van der Waals surface area contributed by atoms with E-state index in [1.165, 1.54) is 17.7 Å². The van der Waals surface area contributed by atoms with E-state index < -0.39 is 11.6 Å². The molecule has 2 aromatic heterocycles. The van der Waals surface area contributed by atoms with Crippen LogP contribution in [-0.2, 0) is 6.54 Å². The Labute approximate surface area is 110 Å². The third-order valence-electron chi connectivity index (χ3n) is 2.51. The average Bonchev–Trinajstić information content (AvgIpc) is 2.89. The first kappa shape index (κ1) is 11.6. The number of halogens is 3. The van der Waals surface area contributed by atoms with E-state index in [9.17, 15) is 8.78 Å². The summed E-state index contributed by atoms with van der Waals surface area (Å²) in [7, 11) is 0. The van der Waals surface area contributed by atoms with Crippen LogP contribution in [0.1, 0.15) is 4.88 Å². The molecule has 0 saturated carbocycles. The van der Waals surface area contributed by atoms with E-state index in [1.54, 1.807) is 10.8 Å². The van der Waals surface area contributed by atoms with E-state index in [1.807, 2.05) is 0 Å². The van der Waals surface area contributed by atoms with Crippen LogP contribution in [-0.4, -0.2) is 14.5 Å². The van der Waals surface area contributed by atoms with Gasteiger partial charge in [-0.15, -0.1) is 11.3 Å². The summed E-state index contributed by atoms with van der Waals surface area (Å²) in [6, 6.07) is 2.22. The molecule has 0 atom stereocenters. The minimum absolute atomic E-state index is 0.421. The van der Waals surface area contributed by atoms with Crippen molar-refractivity contribution in [3.63, 3.8) is 0 Å². The van der Waals surface area contributed by atoms with Crippen LogP contribution >= 0.6 is 22.9 Å².